The summed E-state index contributed by atoms with van der Waals surface area (Å²) in [5.74, 6) is -0.274. The van der Waals surface area contributed by atoms with Crippen molar-refractivity contribution < 1.29 is 14.3 Å². The third-order valence-electron chi connectivity index (χ3n) is 6.89. The number of imidazole rings is 1. The maximum atomic E-state index is 13.4. The summed E-state index contributed by atoms with van der Waals surface area (Å²) in [6.45, 7) is 11.6. The van der Waals surface area contributed by atoms with Crippen molar-refractivity contribution in [3.05, 3.63) is 53.1 Å². The molecule has 1 aromatic carbocycles. The van der Waals surface area contributed by atoms with Crippen LogP contribution in [0.5, 0.6) is 0 Å². The van der Waals surface area contributed by atoms with Crippen LogP contribution >= 0.6 is 11.6 Å². The molecule has 0 spiro atoms. The molecule has 1 N–H and O–H groups in total. The molecule has 39 heavy (non-hydrogen) atoms. The standard InChI is InChI=1S/C28H34ClN7O3/c1-7-36-16-21-23(34-11-10-19(15-34)33(6)27(38)39-28(3,4)5)9-8-20(24(21)32-36)26(37)31-18-12-22(29)25-30-17(2)13-35(25)14-18/h8-9,12-14,16,19H,7,10-11,15H2,1-6H3,(H,31,37)/t19-/m1/s1. The van der Waals surface area contributed by atoms with Gasteiger partial charge >= 0.3 is 6.09 Å². The highest BCUT2D eigenvalue weighted by Gasteiger charge is 2.32. The van der Waals surface area contributed by atoms with Crippen molar-refractivity contribution in [2.24, 2.45) is 0 Å². The summed E-state index contributed by atoms with van der Waals surface area (Å²) in [6.07, 6.45) is 6.12. The molecule has 4 heterocycles. The van der Waals surface area contributed by atoms with Gasteiger partial charge in [-0.1, -0.05) is 11.6 Å². The number of hydrogen-bond donors (Lipinski definition) is 1. The number of carbonyl (C=O) groups is 2. The van der Waals surface area contributed by atoms with Gasteiger partial charge in [-0.15, -0.1) is 0 Å². The zero-order chi connectivity index (χ0) is 28.1. The number of likely N-dealkylation sites (N-methyl/N-ethyl adjacent to an activating group) is 1. The van der Waals surface area contributed by atoms with Crippen molar-refractivity contribution in [3.8, 4) is 0 Å². The van der Waals surface area contributed by atoms with Gasteiger partial charge in [0.2, 0.25) is 0 Å². The van der Waals surface area contributed by atoms with Crippen LogP contribution in [0.25, 0.3) is 16.6 Å². The van der Waals surface area contributed by atoms with Crippen molar-refractivity contribution in [3.63, 3.8) is 0 Å². The maximum absolute atomic E-state index is 13.4. The number of ether oxygens (including phenoxy) is 1. The van der Waals surface area contributed by atoms with E-state index in [1.54, 1.807) is 28.6 Å². The molecule has 10 nitrogen and oxygen atoms in total. The second-order valence-electron chi connectivity index (χ2n) is 11.0. The number of amides is 2. The van der Waals surface area contributed by atoms with Crippen molar-refractivity contribution in [1.82, 2.24) is 24.1 Å². The first-order chi connectivity index (χ1) is 18.4. The second-order valence-corrected chi connectivity index (χ2v) is 11.4. The number of rotatable bonds is 5. The number of halogens is 1. The topological polar surface area (TPSA) is 97.0 Å². The minimum atomic E-state index is -0.546. The van der Waals surface area contributed by atoms with E-state index in [1.807, 2.05) is 63.8 Å². The predicted molar refractivity (Wildman–Crippen MR) is 153 cm³/mol. The van der Waals surface area contributed by atoms with Gasteiger partial charge in [-0.25, -0.2) is 9.78 Å². The highest BCUT2D eigenvalue weighted by Crippen LogP contribution is 2.33. The van der Waals surface area contributed by atoms with E-state index in [2.05, 4.69) is 15.2 Å². The SMILES string of the molecule is CCn1cc2c(N3CC[C@@H](N(C)C(=O)OC(C)(C)C)C3)ccc(C(=O)Nc3cc(Cl)c4nc(C)cn4c3)c2n1. The smallest absolute Gasteiger partial charge is 0.410 e. The van der Waals surface area contributed by atoms with Crippen LogP contribution in [0.2, 0.25) is 5.02 Å². The molecular formula is C28H34ClN7O3. The van der Waals surface area contributed by atoms with Crippen LogP contribution in [0, 0.1) is 6.92 Å². The molecule has 4 aromatic rings. The Bertz CT molecular complexity index is 1570. The third-order valence-corrected chi connectivity index (χ3v) is 7.17. The second kappa shape index (κ2) is 10.1. The van der Waals surface area contributed by atoms with Crippen LogP contribution < -0.4 is 10.2 Å². The predicted octanol–water partition coefficient (Wildman–Crippen LogP) is 5.36. The van der Waals surface area contributed by atoms with Crippen molar-refractivity contribution in [1.29, 1.82) is 0 Å². The fourth-order valence-electron chi connectivity index (χ4n) is 4.97. The fraction of sp³-hybridized carbons (Fsp3) is 0.429. The lowest BCUT2D eigenvalue weighted by atomic mass is 10.1. The average Bonchev–Trinajstić information content (AvgIpc) is 3.59. The molecule has 0 saturated carbocycles. The van der Waals surface area contributed by atoms with E-state index in [0.717, 1.165) is 29.7 Å². The molecule has 1 aliphatic rings. The van der Waals surface area contributed by atoms with Crippen LogP contribution in [0.3, 0.4) is 0 Å². The molecule has 0 bridgehead atoms. The maximum Gasteiger partial charge on any atom is 0.410 e. The molecule has 1 aliphatic heterocycles. The van der Waals surface area contributed by atoms with Gasteiger partial charge < -0.3 is 24.3 Å². The fourth-order valence-corrected chi connectivity index (χ4v) is 5.22. The lowest BCUT2D eigenvalue weighted by molar-refractivity contribution is 0.0237. The van der Waals surface area contributed by atoms with Gasteiger partial charge in [0.25, 0.3) is 5.91 Å². The molecule has 1 saturated heterocycles. The van der Waals surface area contributed by atoms with E-state index in [4.69, 9.17) is 21.4 Å². The van der Waals surface area contributed by atoms with Crippen LogP contribution in [-0.4, -0.2) is 67.8 Å². The molecule has 1 atom stereocenters. The van der Waals surface area contributed by atoms with Gasteiger partial charge in [-0.05, 0) is 59.2 Å². The number of nitrogens with zero attached hydrogens (tertiary/aromatic N) is 6. The lowest BCUT2D eigenvalue weighted by Crippen LogP contribution is -2.42. The number of benzene rings is 1. The Kier molecular flexibility index (Phi) is 6.92. The highest BCUT2D eigenvalue weighted by molar-refractivity contribution is 6.33. The molecule has 5 rings (SSSR count). The minimum Gasteiger partial charge on any atom is -0.444 e. The van der Waals surface area contributed by atoms with E-state index < -0.39 is 5.60 Å². The summed E-state index contributed by atoms with van der Waals surface area (Å²) in [5, 5.41) is 9.04. The Balaban J connectivity index is 1.40. The first kappa shape index (κ1) is 26.8. The van der Waals surface area contributed by atoms with Gasteiger partial charge in [0.15, 0.2) is 5.65 Å². The Hall–Kier alpha value is -3.79. The lowest BCUT2D eigenvalue weighted by Gasteiger charge is -2.29. The zero-order valence-corrected chi connectivity index (χ0v) is 23.9. The van der Waals surface area contributed by atoms with E-state index >= 15 is 0 Å². The van der Waals surface area contributed by atoms with E-state index in [1.165, 1.54) is 0 Å². The third kappa shape index (κ3) is 5.38. The van der Waals surface area contributed by atoms with Crippen LogP contribution in [-0.2, 0) is 11.3 Å². The molecule has 0 unspecified atom stereocenters. The summed E-state index contributed by atoms with van der Waals surface area (Å²) in [5.41, 5.74) is 3.58. The van der Waals surface area contributed by atoms with E-state index in [9.17, 15) is 9.59 Å². The number of nitrogens with one attached hydrogen (secondary N) is 1. The first-order valence-corrected chi connectivity index (χ1v) is 13.5. The summed E-state index contributed by atoms with van der Waals surface area (Å²) in [6, 6.07) is 5.49. The monoisotopic (exact) mass is 551 g/mol. The Morgan fingerprint density at radius 1 is 1.23 bits per heavy atom. The molecule has 3 aromatic heterocycles. The number of pyridine rings is 1. The molecule has 1 fully saturated rings. The first-order valence-electron chi connectivity index (χ1n) is 13.1. The Labute approximate surface area is 232 Å². The molecular weight excluding hydrogens is 518 g/mol. The molecule has 0 aliphatic carbocycles. The van der Waals surface area contributed by atoms with Crippen LogP contribution in [0.4, 0.5) is 16.2 Å². The Morgan fingerprint density at radius 3 is 2.72 bits per heavy atom. The number of carbonyl (C=O) groups excluding carboxylic acids is 2. The molecule has 0 radical (unpaired) electrons. The van der Waals surface area contributed by atoms with Crippen molar-refractivity contribution in [2.45, 2.75) is 59.2 Å². The van der Waals surface area contributed by atoms with Crippen molar-refractivity contribution >= 4 is 51.5 Å². The van der Waals surface area contributed by atoms with Gasteiger partial charge in [-0.2, -0.15) is 5.10 Å². The van der Waals surface area contributed by atoms with E-state index in [0.29, 0.717) is 40.5 Å². The number of aryl methyl sites for hydroxylation is 2. The largest absolute Gasteiger partial charge is 0.444 e. The highest BCUT2D eigenvalue weighted by atomic mass is 35.5. The van der Waals surface area contributed by atoms with Crippen molar-refractivity contribution in [2.75, 3.05) is 30.4 Å². The van der Waals surface area contributed by atoms with Gasteiger partial charge in [0.05, 0.1) is 28.0 Å². The van der Waals surface area contributed by atoms with Gasteiger partial charge in [-0.3, -0.25) is 9.48 Å². The summed E-state index contributed by atoms with van der Waals surface area (Å²) in [4.78, 5) is 34.4. The molecule has 11 heteroatoms. The molecule has 206 valence electrons. The van der Waals surface area contributed by atoms with E-state index in [-0.39, 0.29) is 18.0 Å². The number of fused-ring (bicyclic) bond motifs is 2. The quantitative estimate of drug-likeness (QED) is 0.358. The molecule has 2 amide bonds. The normalized spacial score (nSPS) is 15.8. The average molecular weight is 552 g/mol. The van der Waals surface area contributed by atoms with Gasteiger partial charge in [0, 0.05) is 56.3 Å². The number of hydrogen-bond acceptors (Lipinski definition) is 6. The van der Waals surface area contributed by atoms with Crippen LogP contribution in [0.1, 0.15) is 50.2 Å². The summed E-state index contributed by atoms with van der Waals surface area (Å²) in [7, 11) is 1.79. The Morgan fingerprint density at radius 2 is 2.00 bits per heavy atom. The van der Waals surface area contributed by atoms with Gasteiger partial charge in [0.1, 0.15) is 11.1 Å². The number of anilines is 2. The zero-order valence-electron chi connectivity index (χ0n) is 23.2. The minimum absolute atomic E-state index is 0.0190. The number of aromatic nitrogens is 4. The summed E-state index contributed by atoms with van der Waals surface area (Å²) >= 11 is 6.41. The summed E-state index contributed by atoms with van der Waals surface area (Å²) < 4.78 is 9.20. The van der Waals surface area contributed by atoms with Crippen LogP contribution in [0.15, 0.2) is 36.8 Å².